The lowest BCUT2D eigenvalue weighted by atomic mass is 10.0. The predicted molar refractivity (Wildman–Crippen MR) is 65.3 cm³/mol. The fourth-order valence-corrected chi connectivity index (χ4v) is 2.68. The number of hydrogen-bond acceptors (Lipinski definition) is 4. The van der Waals surface area contributed by atoms with Gasteiger partial charge in [0.2, 0.25) is 0 Å². The van der Waals surface area contributed by atoms with Crippen LogP contribution in [0, 0.1) is 5.92 Å². The molecule has 2 atom stereocenters. The van der Waals surface area contributed by atoms with Crippen molar-refractivity contribution in [2.24, 2.45) is 5.92 Å². The van der Waals surface area contributed by atoms with E-state index in [1.165, 1.54) is 0 Å². The van der Waals surface area contributed by atoms with Gasteiger partial charge in [-0.05, 0) is 33.1 Å². The van der Waals surface area contributed by atoms with Gasteiger partial charge in [-0.2, -0.15) is 0 Å². The van der Waals surface area contributed by atoms with E-state index in [0.29, 0.717) is 18.6 Å². The maximum Gasteiger partial charge on any atom is 0.153 e. The van der Waals surface area contributed by atoms with Gasteiger partial charge in [-0.1, -0.05) is 0 Å². The zero-order valence-electron chi connectivity index (χ0n) is 10.4. The van der Waals surface area contributed by atoms with Gasteiger partial charge in [0, 0.05) is 19.7 Å². The molecule has 1 fully saturated rings. The van der Waals surface area contributed by atoms with Crippen molar-refractivity contribution < 1.29 is 13.2 Å². The molecule has 5 heteroatoms. The monoisotopic (exact) mass is 249 g/mol. The summed E-state index contributed by atoms with van der Waals surface area (Å²) in [5, 5.41) is 2.93. The quantitative estimate of drug-likeness (QED) is 0.708. The third-order valence-electron chi connectivity index (χ3n) is 3.22. The third-order valence-corrected chi connectivity index (χ3v) is 5.43. The second-order valence-corrected chi connectivity index (χ2v) is 7.42. The van der Waals surface area contributed by atoms with E-state index < -0.39 is 9.84 Å². The van der Waals surface area contributed by atoms with E-state index in [4.69, 9.17) is 4.74 Å². The highest BCUT2D eigenvalue weighted by Crippen LogP contribution is 2.19. The van der Waals surface area contributed by atoms with E-state index in [9.17, 15) is 8.42 Å². The van der Waals surface area contributed by atoms with Crippen LogP contribution in [0.15, 0.2) is 0 Å². The Labute approximate surface area is 98.7 Å². The molecule has 96 valence electrons. The summed E-state index contributed by atoms with van der Waals surface area (Å²) in [7, 11) is -2.90. The van der Waals surface area contributed by atoms with Crippen molar-refractivity contribution in [3.63, 3.8) is 0 Å². The van der Waals surface area contributed by atoms with Crippen molar-refractivity contribution in [2.45, 2.75) is 38.5 Å². The lowest BCUT2D eigenvalue weighted by molar-refractivity contribution is 0.106. The molecule has 0 aliphatic carbocycles. The SMILES string of the molecule is CC1OCCC1CNCCS(=O)(=O)C(C)C. The minimum atomic E-state index is -2.90. The molecule has 1 heterocycles. The Morgan fingerprint density at radius 3 is 2.62 bits per heavy atom. The molecule has 0 bridgehead atoms. The summed E-state index contributed by atoms with van der Waals surface area (Å²) < 4.78 is 28.5. The van der Waals surface area contributed by atoms with E-state index in [2.05, 4.69) is 12.2 Å². The van der Waals surface area contributed by atoms with E-state index in [-0.39, 0.29) is 11.0 Å². The van der Waals surface area contributed by atoms with E-state index in [0.717, 1.165) is 19.6 Å². The minimum absolute atomic E-state index is 0.229. The van der Waals surface area contributed by atoms with Crippen molar-refractivity contribution in [2.75, 3.05) is 25.4 Å². The molecule has 16 heavy (non-hydrogen) atoms. The fourth-order valence-electron chi connectivity index (χ4n) is 1.78. The molecule has 0 aromatic heterocycles. The zero-order chi connectivity index (χ0) is 12.2. The van der Waals surface area contributed by atoms with Gasteiger partial charge in [-0.25, -0.2) is 8.42 Å². The Kier molecular flexibility index (Phi) is 5.21. The molecule has 2 unspecified atom stereocenters. The molecular formula is C11H23NO3S. The first-order valence-corrected chi connectivity index (χ1v) is 7.69. The molecule has 4 nitrogen and oxygen atoms in total. The largest absolute Gasteiger partial charge is 0.378 e. The lowest BCUT2D eigenvalue weighted by Crippen LogP contribution is -2.32. The number of rotatable bonds is 6. The van der Waals surface area contributed by atoms with Gasteiger partial charge < -0.3 is 10.1 Å². The molecule has 0 spiro atoms. The Bertz CT molecular complexity index is 300. The van der Waals surface area contributed by atoms with Crippen LogP contribution in [-0.2, 0) is 14.6 Å². The van der Waals surface area contributed by atoms with Crippen LogP contribution >= 0.6 is 0 Å². The Morgan fingerprint density at radius 1 is 1.44 bits per heavy atom. The molecule has 0 saturated carbocycles. The normalized spacial score (nSPS) is 26.5. The molecule has 0 aromatic rings. The van der Waals surface area contributed by atoms with Gasteiger partial charge in [0.05, 0.1) is 17.1 Å². The van der Waals surface area contributed by atoms with Crippen LogP contribution in [0.25, 0.3) is 0 Å². The Morgan fingerprint density at radius 2 is 2.12 bits per heavy atom. The smallest absolute Gasteiger partial charge is 0.153 e. The van der Waals surface area contributed by atoms with Crippen LogP contribution in [0.2, 0.25) is 0 Å². The molecule has 0 amide bonds. The van der Waals surface area contributed by atoms with Gasteiger partial charge in [0.15, 0.2) is 9.84 Å². The van der Waals surface area contributed by atoms with Crippen molar-refractivity contribution in [1.82, 2.24) is 5.32 Å². The van der Waals surface area contributed by atoms with E-state index >= 15 is 0 Å². The van der Waals surface area contributed by atoms with Crippen LogP contribution in [0.1, 0.15) is 27.2 Å². The maximum atomic E-state index is 11.5. The van der Waals surface area contributed by atoms with Crippen molar-refractivity contribution >= 4 is 9.84 Å². The van der Waals surface area contributed by atoms with Gasteiger partial charge >= 0.3 is 0 Å². The Balaban J connectivity index is 2.17. The highest BCUT2D eigenvalue weighted by Gasteiger charge is 2.23. The number of hydrogen-bond donors (Lipinski definition) is 1. The highest BCUT2D eigenvalue weighted by molar-refractivity contribution is 7.92. The van der Waals surface area contributed by atoms with Crippen LogP contribution in [0.3, 0.4) is 0 Å². The number of nitrogens with one attached hydrogen (secondary N) is 1. The number of ether oxygens (including phenoxy) is 1. The average Bonchev–Trinajstić information content (AvgIpc) is 2.59. The minimum Gasteiger partial charge on any atom is -0.378 e. The van der Waals surface area contributed by atoms with Gasteiger partial charge in [-0.3, -0.25) is 0 Å². The van der Waals surface area contributed by atoms with Gasteiger partial charge in [0.1, 0.15) is 0 Å². The predicted octanol–water partition coefficient (Wildman–Crippen LogP) is 0.824. The fraction of sp³-hybridized carbons (Fsp3) is 1.00. The second kappa shape index (κ2) is 5.98. The Hall–Kier alpha value is -0.130. The lowest BCUT2D eigenvalue weighted by Gasteiger charge is -2.15. The van der Waals surface area contributed by atoms with Crippen LogP contribution in [0.5, 0.6) is 0 Å². The maximum absolute atomic E-state index is 11.5. The molecule has 1 N–H and O–H groups in total. The summed E-state index contributed by atoms with van der Waals surface area (Å²) >= 11 is 0. The van der Waals surface area contributed by atoms with Crippen molar-refractivity contribution in [3.05, 3.63) is 0 Å². The highest BCUT2D eigenvalue weighted by atomic mass is 32.2. The number of sulfone groups is 1. The van der Waals surface area contributed by atoms with Crippen LogP contribution < -0.4 is 5.32 Å². The zero-order valence-corrected chi connectivity index (χ0v) is 11.2. The average molecular weight is 249 g/mol. The molecule has 1 saturated heterocycles. The van der Waals surface area contributed by atoms with Crippen LogP contribution in [-0.4, -0.2) is 45.2 Å². The van der Waals surface area contributed by atoms with Crippen molar-refractivity contribution in [3.8, 4) is 0 Å². The summed E-state index contributed by atoms with van der Waals surface area (Å²) in [5.41, 5.74) is 0. The molecule has 0 aromatic carbocycles. The molecule has 1 rings (SSSR count). The molecule has 1 aliphatic rings. The van der Waals surface area contributed by atoms with Gasteiger partial charge in [0.25, 0.3) is 0 Å². The summed E-state index contributed by atoms with van der Waals surface area (Å²) in [5.74, 6) is 0.758. The van der Waals surface area contributed by atoms with Crippen molar-refractivity contribution in [1.29, 1.82) is 0 Å². The first kappa shape index (κ1) is 13.9. The molecule has 0 radical (unpaired) electrons. The summed E-state index contributed by atoms with van der Waals surface area (Å²) in [6.07, 6.45) is 1.37. The van der Waals surface area contributed by atoms with E-state index in [1.54, 1.807) is 13.8 Å². The summed E-state index contributed by atoms with van der Waals surface area (Å²) in [6.45, 7) is 7.75. The molecular weight excluding hydrogens is 226 g/mol. The standard InChI is InChI=1S/C11H23NO3S/c1-9(2)16(13,14)7-5-12-8-11-4-6-15-10(11)3/h9-12H,4-8H2,1-3H3. The summed E-state index contributed by atoms with van der Waals surface area (Å²) in [6, 6.07) is 0. The topological polar surface area (TPSA) is 55.4 Å². The third kappa shape index (κ3) is 4.03. The van der Waals surface area contributed by atoms with E-state index in [1.807, 2.05) is 0 Å². The first-order valence-electron chi connectivity index (χ1n) is 5.97. The summed E-state index contributed by atoms with van der Waals surface area (Å²) in [4.78, 5) is 0. The second-order valence-electron chi connectivity index (χ2n) is 4.74. The first-order chi connectivity index (χ1) is 7.43. The van der Waals surface area contributed by atoms with Crippen LogP contribution in [0.4, 0.5) is 0 Å². The van der Waals surface area contributed by atoms with Gasteiger partial charge in [-0.15, -0.1) is 0 Å². The molecule has 1 aliphatic heterocycles.